The molecule has 0 N–H and O–H groups in total. The van der Waals surface area contributed by atoms with Crippen LogP contribution >= 0.6 is 0 Å². The Morgan fingerprint density at radius 1 is 0.897 bits per heavy atom. The van der Waals surface area contributed by atoms with E-state index in [-0.39, 0.29) is 6.61 Å². The van der Waals surface area contributed by atoms with E-state index in [2.05, 4.69) is 6.58 Å². The first kappa shape index (κ1) is 22.7. The second-order valence-corrected chi connectivity index (χ2v) is 5.93. The molecule has 0 radical (unpaired) electrons. The highest BCUT2D eigenvalue weighted by atomic mass is 16.6. The lowest BCUT2D eigenvalue weighted by Gasteiger charge is -2.11. The number of ether oxygens (including phenoxy) is 6. The summed E-state index contributed by atoms with van der Waals surface area (Å²) in [6, 6.07) is 11.8. The van der Waals surface area contributed by atoms with Gasteiger partial charge in [-0.25, -0.2) is 4.79 Å². The third kappa shape index (κ3) is 8.51. The summed E-state index contributed by atoms with van der Waals surface area (Å²) >= 11 is 0. The van der Waals surface area contributed by atoms with E-state index in [4.69, 9.17) is 28.4 Å². The Kier molecular flexibility index (Phi) is 10.6. The third-order valence-corrected chi connectivity index (χ3v) is 3.86. The van der Waals surface area contributed by atoms with Gasteiger partial charge in [0.15, 0.2) is 0 Å². The number of carbonyl (C=O) groups excluding carboxylic acids is 1. The minimum absolute atomic E-state index is 0.203. The van der Waals surface area contributed by atoms with Crippen molar-refractivity contribution in [3.05, 3.63) is 49.1 Å². The first-order valence-electron chi connectivity index (χ1n) is 9.46. The Labute approximate surface area is 171 Å². The maximum Gasteiger partial charge on any atom is 0.330 e. The first-order valence-corrected chi connectivity index (χ1v) is 9.46. The summed E-state index contributed by atoms with van der Waals surface area (Å²) in [7, 11) is 1.65. The summed E-state index contributed by atoms with van der Waals surface area (Å²) in [6.45, 7) is 6.66. The van der Waals surface area contributed by atoms with Gasteiger partial charge in [-0.05, 0) is 29.7 Å². The molecule has 0 spiro atoms. The van der Waals surface area contributed by atoms with E-state index in [1.807, 2.05) is 36.4 Å². The summed E-state index contributed by atoms with van der Waals surface area (Å²) in [5, 5.41) is 2.08. The van der Waals surface area contributed by atoms with E-state index in [0.717, 1.165) is 28.3 Å². The Morgan fingerprint density at radius 3 is 2.38 bits per heavy atom. The van der Waals surface area contributed by atoms with Gasteiger partial charge in [0, 0.05) is 18.6 Å². The molecule has 0 aliphatic rings. The van der Waals surface area contributed by atoms with Gasteiger partial charge in [-0.2, -0.15) is 0 Å². The van der Waals surface area contributed by atoms with Crippen LogP contribution in [0.5, 0.6) is 11.5 Å². The number of carbonyl (C=O) groups is 1. The van der Waals surface area contributed by atoms with Crippen LogP contribution in [0.15, 0.2) is 49.1 Å². The van der Waals surface area contributed by atoms with E-state index >= 15 is 0 Å². The molecule has 2 aromatic rings. The predicted molar refractivity (Wildman–Crippen MR) is 110 cm³/mol. The number of fused-ring (bicyclic) bond motifs is 1. The van der Waals surface area contributed by atoms with Crippen LogP contribution < -0.4 is 9.47 Å². The fourth-order valence-electron chi connectivity index (χ4n) is 2.48. The van der Waals surface area contributed by atoms with Crippen LogP contribution in [0.4, 0.5) is 0 Å². The summed E-state index contributed by atoms with van der Waals surface area (Å²) in [4.78, 5) is 10.8. The van der Waals surface area contributed by atoms with Crippen molar-refractivity contribution < 1.29 is 33.2 Å². The number of hydrogen-bond acceptors (Lipinski definition) is 7. The molecule has 0 aliphatic carbocycles. The molecule has 7 nitrogen and oxygen atoms in total. The van der Waals surface area contributed by atoms with Gasteiger partial charge in [0.25, 0.3) is 0 Å². The van der Waals surface area contributed by atoms with E-state index in [9.17, 15) is 4.79 Å². The average Bonchev–Trinajstić information content (AvgIpc) is 2.75. The van der Waals surface area contributed by atoms with Crippen molar-refractivity contribution in [3.8, 4) is 11.5 Å². The van der Waals surface area contributed by atoms with Crippen LogP contribution in [0.1, 0.15) is 0 Å². The monoisotopic (exact) mass is 404 g/mol. The zero-order chi connectivity index (χ0) is 20.7. The van der Waals surface area contributed by atoms with Crippen LogP contribution in [0, 0.1) is 0 Å². The van der Waals surface area contributed by atoms with Gasteiger partial charge in [0.05, 0.1) is 33.0 Å². The summed E-state index contributed by atoms with van der Waals surface area (Å²) in [5.41, 5.74) is 0. The molecule has 0 amide bonds. The second-order valence-electron chi connectivity index (χ2n) is 5.93. The molecular weight excluding hydrogens is 376 g/mol. The molecule has 0 fully saturated rings. The Morgan fingerprint density at radius 2 is 1.62 bits per heavy atom. The topological polar surface area (TPSA) is 72.5 Å². The molecule has 29 heavy (non-hydrogen) atoms. The van der Waals surface area contributed by atoms with E-state index < -0.39 is 5.97 Å². The Balaban J connectivity index is 1.63. The van der Waals surface area contributed by atoms with Crippen LogP contribution in [-0.4, -0.2) is 65.9 Å². The number of methoxy groups -OCH3 is 1. The lowest BCUT2D eigenvalue weighted by molar-refractivity contribution is -0.139. The Hall–Kier alpha value is -2.61. The number of benzene rings is 2. The predicted octanol–water partition coefficient (Wildman–Crippen LogP) is 3.01. The molecule has 0 atom stereocenters. The zero-order valence-corrected chi connectivity index (χ0v) is 16.8. The van der Waals surface area contributed by atoms with Gasteiger partial charge in [-0.15, -0.1) is 0 Å². The SMILES string of the molecule is C=CC(=O)OCCOCCOCCOc1ccc2c(OCCOC)cccc2c1. The van der Waals surface area contributed by atoms with Crippen LogP contribution in [0.2, 0.25) is 0 Å². The van der Waals surface area contributed by atoms with Crippen molar-refractivity contribution in [1.29, 1.82) is 0 Å². The molecular formula is C22H28O7. The molecule has 0 saturated heterocycles. The maximum absolute atomic E-state index is 10.8. The third-order valence-electron chi connectivity index (χ3n) is 3.86. The molecule has 0 heterocycles. The van der Waals surface area contributed by atoms with Crippen molar-refractivity contribution in [2.75, 3.05) is 60.0 Å². The molecule has 0 bridgehead atoms. The van der Waals surface area contributed by atoms with Gasteiger partial charge in [0.1, 0.15) is 31.3 Å². The van der Waals surface area contributed by atoms with Crippen LogP contribution in [0.3, 0.4) is 0 Å². The largest absolute Gasteiger partial charge is 0.491 e. The number of hydrogen-bond donors (Lipinski definition) is 0. The molecule has 0 saturated carbocycles. The van der Waals surface area contributed by atoms with Crippen LogP contribution in [-0.2, 0) is 23.7 Å². The summed E-state index contributed by atoms with van der Waals surface area (Å²) in [5.74, 6) is 1.15. The number of rotatable bonds is 15. The molecule has 2 rings (SSSR count). The van der Waals surface area contributed by atoms with E-state index in [1.165, 1.54) is 0 Å². The first-order chi connectivity index (χ1) is 14.2. The van der Waals surface area contributed by atoms with Crippen molar-refractivity contribution in [2.45, 2.75) is 0 Å². The van der Waals surface area contributed by atoms with Gasteiger partial charge in [-0.1, -0.05) is 18.7 Å². The highest BCUT2D eigenvalue weighted by Gasteiger charge is 2.04. The van der Waals surface area contributed by atoms with Crippen molar-refractivity contribution >= 4 is 16.7 Å². The minimum atomic E-state index is -0.453. The van der Waals surface area contributed by atoms with Crippen molar-refractivity contribution in [3.63, 3.8) is 0 Å². The number of esters is 1. The van der Waals surface area contributed by atoms with Crippen LogP contribution in [0.25, 0.3) is 10.8 Å². The molecule has 0 unspecified atom stereocenters. The molecule has 0 aromatic heterocycles. The van der Waals surface area contributed by atoms with Gasteiger partial charge >= 0.3 is 5.97 Å². The van der Waals surface area contributed by atoms with Gasteiger partial charge in [0.2, 0.25) is 0 Å². The summed E-state index contributed by atoms with van der Waals surface area (Å²) in [6.07, 6.45) is 1.12. The fourth-order valence-corrected chi connectivity index (χ4v) is 2.48. The standard InChI is InChI=1S/C22H28O7/c1-3-22(23)29-16-13-26-11-10-25-12-15-27-19-7-8-20-18(17-19)5-4-6-21(20)28-14-9-24-2/h3-8,17H,1,9-16H2,2H3. The normalized spacial score (nSPS) is 10.7. The average molecular weight is 404 g/mol. The summed E-state index contributed by atoms with van der Waals surface area (Å²) < 4.78 is 32.1. The quantitative estimate of drug-likeness (QED) is 0.257. The van der Waals surface area contributed by atoms with Gasteiger partial charge in [-0.3, -0.25) is 0 Å². The Bertz CT molecular complexity index is 760. The molecule has 7 heteroatoms. The molecule has 2 aromatic carbocycles. The smallest absolute Gasteiger partial charge is 0.330 e. The lowest BCUT2D eigenvalue weighted by atomic mass is 10.1. The highest BCUT2D eigenvalue weighted by molar-refractivity contribution is 5.89. The van der Waals surface area contributed by atoms with E-state index in [0.29, 0.717) is 46.2 Å². The zero-order valence-electron chi connectivity index (χ0n) is 16.8. The highest BCUT2D eigenvalue weighted by Crippen LogP contribution is 2.28. The second kappa shape index (κ2) is 13.5. The molecule has 158 valence electrons. The van der Waals surface area contributed by atoms with Crippen molar-refractivity contribution in [2.24, 2.45) is 0 Å². The van der Waals surface area contributed by atoms with E-state index in [1.54, 1.807) is 7.11 Å². The minimum Gasteiger partial charge on any atom is -0.491 e. The lowest BCUT2D eigenvalue weighted by Crippen LogP contribution is -2.13. The maximum atomic E-state index is 10.8. The molecule has 0 aliphatic heterocycles. The van der Waals surface area contributed by atoms with Crippen molar-refractivity contribution in [1.82, 2.24) is 0 Å². The van der Waals surface area contributed by atoms with Gasteiger partial charge < -0.3 is 28.4 Å². The fraction of sp³-hybridized carbons (Fsp3) is 0.409.